The van der Waals surface area contributed by atoms with Crippen LogP contribution in [-0.2, 0) is 5.54 Å². The molecule has 0 aliphatic rings. The van der Waals surface area contributed by atoms with E-state index in [0.717, 1.165) is 0 Å². The van der Waals surface area contributed by atoms with Crippen molar-refractivity contribution in [2.75, 3.05) is 0 Å². The number of aromatic nitrogens is 1. The SMILES string of the molecule is CC(C)(C)n1ccc2ccc([N+](=O)[O-])cc2c1=O. The minimum absolute atomic E-state index is 0.0636. The van der Waals surface area contributed by atoms with E-state index in [1.807, 2.05) is 20.8 Å². The molecule has 0 saturated heterocycles. The van der Waals surface area contributed by atoms with Gasteiger partial charge in [-0.2, -0.15) is 0 Å². The quantitative estimate of drug-likeness (QED) is 0.574. The van der Waals surface area contributed by atoms with Gasteiger partial charge in [0.25, 0.3) is 11.2 Å². The van der Waals surface area contributed by atoms with E-state index in [9.17, 15) is 14.9 Å². The van der Waals surface area contributed by atoms with Crippen molar-refractivity contribution in [1.29, 1.82) is 0 Å². The van der Waals surface area contributed by atoms with Gasteiger partial charge in [-0.25, -0.2) is 0 Å². The maximum atomic E-state index is 12.3. The largest absolute Gasteiger partial charge is 0.310 e. The van der Waals surface area contributed by atoms with Crippen molar-refractivity contribution in [3.8, 4) is 0 Å². The molecule has 2 aromatic rings. The Morgan fingerprint density at radius 2 is 1.89 bits per heavy atom. The Balaban J connectivity index is 2.80. The predicted molar refractivity (Wildman–Crippen MR) is 69.9 cm³/mol. The van der Waals surface area contributed by atoms with Crippen molar-refractivity contribution in [3.05, 3.63) is 50.9 Å². The van der Waals surface area contributed by atoms with Crippen LogP contribution in [0.25, 0.3) is 10.8 Å². The minimum atomic E-state index is -0.493. The fraction of sp³-hybridized carbons (Fsp3) is 0.308. The summed E-state index contributed by atoms with van der Waals surface area (Å²) in [7, 11) is 0. The number of nitro benzene ring substituents is 1. The molecule has 1 aromatic carbocycles. The molecule has 5 heteroatoms. The van der Waals surface area contributed by atoms with E-state index in [2.05, 4.69) is 0 Å². The van der Waals surface area contributed by atoms with Crippen LogP contribution in [0.5, 0.6) is 0 Å². The third-order valence-corrected chi connectivity index (χ3v) is 2.82. The van der Waals surface area contributed by atoms with Crippen molar-refractivity contribution in [2.24, 2.45) is 0 Å². The molecule has 5 nitrogen and oxygen atoms in total. The summed E-state index contributed by atoms with van der Waals surface area (Å²) < 4.78 is 1.58. The lowest BCUT2D eigenvalue weighted by Gasteiger charge is -2.22. The third-order valence-electron chi connectivity index (χ3n) is 2.82. The zero-order valence-corrected chi connectivity index (χ0v) is 10.5. The molecule has 0 radical (unpaired) electrons. The second-order valence-electron chi connectivity index (χ2n) is 5.19. The molecule has 0 saturated carbocycles. The van der Waals surface area contributed by atoms with Crippen LogP contribution in [0.3, 0.4) is 0 Å². The Bertz CT molecular complexity index is 681. The van der Waals surface area contributed by atoms with Crippen LogP contribution >= 0.6 is 0 Å². The van der Waals surface area contributed by atoms with Crippen molar-refractivity contribution >= 4 is 16.5 Å². The average molecular weight is 246 g/mol. The lowest BCUT2D eigenvalue weighted by Crippen LogP contribution is -2.33. The Morgan fingerprint density at radius 1 is 1.22 bits per heavy atom. The number of nitro groups is 1. The third kappa shape index (κ3) is 1.99. The normalized spacial score (nSPS) is 11.7. The maximum Gasteiger partial charge on any atom is 0.270 e. The molecule has 0 N–H and O–H groups in total. The molecule has 0 bridgehead atoms. The first-order valence-electron chi connectivity index (χ1n) is 5.61. The second kappa shape index (κ2) is 3.94. The summed E-state index contributed by atoms with van der Waals surface area (Å²) >= 11 is 0. The van der Waals surface area contributed by atoms with Crippen LogP contribution in [0, 0.1) is 10.1 Å². The smallest absolute Gasteiger partial charge is 0.270 e. The van der Waals surface area contributed by atoms with E-state index in [1.54, 1.807) is 22.9 Å². The van der Waals surface area contributed by atoms with Gasteiger partial charge in [0.2, 0.25) is 0 Å². The summed E-state index contributed by atoms with van der Waals surface area (Å²) in [5.41, 5.74) is -0.620. The van der Waals surface area contributed by atoms with Gasteiger partial charge in [0.05, 0.1) is 10.3 Å². The van der Waals surface area contributed by atoms with Gasteiger partial charge in [-0.15, -0.1) is 0 Å². The topological polar surface area (TPSA) is 65.1 Å². The van der Waals surface area contributed by atoms with Gasteiger partial charge < -0.3 is 4.57 Å². The molecular weight excluding hydrogens is 232 g/mol. The average Bonchev–Trinajstić information content (AvgIpc) is 2.27. The molecule has 94 valence electrons. The van der Waals surface area contributed by atoms with Gasteiger partial charge in [-0.05, 0) is 38.3 Å². The first-order chi connectivity index (χ1) is 8.30. The van der Waals surface area contributed by atoms with Crippen LogP contribution in [0.1, 0.15) is 20.8 Å². The van der Waals surface area contributed by atoms with Gasteiger partial charge in [0.1, 0.15) is 0 Å². The van der Waals surface area contributed by atoms with Crippen LogP contribution < -0.4 is 5.56 Å². The predicted octanol–water partition coefficient (Wildman–Crippen LogP) is 2.66. The van der Waals surface area contributed by atoms with Gasteiger partial charge in [0.15, 0.2) is 0 Å². The standard InChI is InChI=1S/C13H14N2O3/c1-13(2,3)14-7-6-9-4-5-10(15(17)18)8-11(9)12(14)16/h4-8H,1-3H3. The van der Waals surface area contributed by atoms with Gasteiger partial charge in [0, 0.05) is 23.9 Å². The highest BCUT2D eigenvalue weighted by Gasteiger charge is 2.17. The molecular formula is C13H14N2O3. The summed E-state index contributed by atoms with van der Waals surface area (Å²) in [6.07, 6.45) is 1.72. The van der Waals surface area contributed by atoms with Crippen LogP contribution in [0.4, 0.5) is 5.69 Å². The summed E-state index contributed by atoms with van der Waals surface area (Å²) in [5.74, 6) is 0. The van der Waals surface area contributed by atoms with E-state index < -0.39 is 4.92 Å². The van der Waals surface area contributed by atoms with Gasteiger partial charge in [-0.3, -0.25) is 14.9 Å². The first-order valence-corrected chi connectivity index (χ1v) is 5.61. The molecule has 1 heterocycles. The molecule has 18 heavy (non-hydrogen) atoms. The van der Waals surface area contributed by atoms with E-state index in [0.29, 0.717) is 10.8 Å². The number of benzene rings is 1. The van der Waals surface area contributed by atoms with Gasteiger partial charge in [-0.1, -0.05) is 0 Å². The maximum absolute atomic E-state index is 12.3. The highest BCUT2D eigenvalue weighted by Crippen LogP contribution is 2.19. The Morgan fingerprint density at radius 3 is 2.44 bits per heavy atom. The Labute approximate surface area is 104 Å². The fourth-order valence-corrected chi connectivity index (χ4v) is 1.87. The van der Waals surface area contributed by atoms with Crippen molar-refractivity contribution < 1.29 is 4.92 Å². The highest BCUT2D eigenvalue weighted by atomic mass is 16.6. The van der Waals surface area contributed by atoms with E-state index in [4.69, 9.17) is 0 Å². The summed E-state index contributed by atoms with van der Waals surface area (Å²) in [6, 6.07) is 6.14. The fourth-order valence-electron chi connectivity index (χ4n) is 1.87. The summed E-state index contributed by atoms with van der Waals surface area (Å²) in [5, 5.41) is 11.8. The lowest BCUT2D eigenvalue weighted by atomic mass is 10.1. The lowest BCUT2D eigenvalue weighted by molar-refractivity contribution is -0.384. The van der Waals surface area contributed by atoms with Crippen LogP contribution in [0.2, 0.25) is 0 Å². The molecule has 0 aliphatic heterocycles. The van der Waals surface area contributed by atoms with E-state index in [-0.39, 0.29) is 16.8 Å². The zero-order chi connectivity index (χ0) is 13.5. The van der Waals surface area contributed by atoms with E-state index in [1.165, 1.54) is 12.1 Å². The van der Waals surface area contributed by atoms with Crippen molar-refractivity contribution in [1.82, 2.24) is 4.57 Å². The number of hydrogen-bond acceptors (Lipinski definition) is 3. The molecule has 0 aliphatic carbocycles. The van der Waals surface area contributed by atoms with E-state index >= 15 is 0 Å². The molecule has 1 aromatic heterocycles. The van der Waals surface area contributed by atoms with Crippen molar-refractivity contribution in [3.63, 3.8) is 0 Å². The number of pyridine rings is 1. The number of non-ortho nitro benzene ring substituents is 1. The Kier molecular flexibility index (Phi) is 2.69. The van der Waals surface area contributed by atoms with Gasteiger partial charge >= 0.3 is 0 Å². The molecule has 0 unspecified atom stereocenters. The molecule has 0 atom stereocenters. The molecule has 0 spiro atoms. The zero-order valence-electron chi connectivity index (χ0n) is 10.5. The summed E-state index contributed by atoms with van der Waals surface area (Å²) in [4.78, 5) is 22.5. The van der Waals surface area contributed by atoms with Crippen LogP contribution in [-0.4, -0.2) is 9.49 Å². The number of fused-ring (bicyclic) bond motifs is 1. The van der Waals surface area contributed by atoms with Crippen molar-refractivity contribution in [2.45, 2.75) is 26.3 Å². The summed E-state index contributed by atoms with van der Waals surface area (Å²) in [6.45, 7) is 5.74. The Hall–Kier alpha value is -2.17. The first kappa shape index (κ1) is 12.3. The number of rotatable bonds is 1. The number of hydrogen-bond donors (Lipinski definition) is 0. The second-order valence-corrected chi connectivity index (χ2v) is 5.19. The minimum Gasteiger partial charge on any atom is -0.310 e. The van der Waals surface area contributed by atoms with Crippen LogP contribution in [0.15, 0.2) is 35.3 Å². The molecule has 0 amide bonds. The number of nitrogens with zero attached hydrogens (tertiary/aromatic N) is 2. The molecule has 0 fully saturated rings. The monoisotopic (exact) mass is 246 g/mol. The molecule has 2 rings (SSSR count). The highest BCUT2D eigenvalue weighted by molar-refractivity contribution is 5.83.